The lowest BCUT2D eigenvalue weighted by molar-refractivity contribution is 0.258. The van der Waals surface area contributed by atoms with Gasteiger partial charge in [0.2, 0.25) is 0 Å². The lowest BCUT2D eigenvalue weighted by atomic mass is 9.79. The third kappa shape index (κ3) is 3.80. The highest BCUT2D eigenvalue weighted by Crippen LogP contribution is 2.36. The summed E-state index contributed by atoms with van der Waals surface area (Å²) in [6.45, 7) is 6.56. The van der Waals surface area contributed by atoms with Gasteiger partial charge in [-0.05, 0) is 37.2 Å². The zero-order valence-electron chi connectivity index (χ0n) is 15.1. The first kappa shape index (κ1) is 17.6. The van der Waals surface area contributed by atoms with Crippen molar-refractivity contribution in [2.45, 2.75) is 52.5 Å². The SMILES string of the molecule is CCC(/N=C(\c1cc(OC)c(OC)cc1N)C(C)C)C1CCC1. The molecule has 2 rings (SSSR count). The van der Waals surface area contributed by atoms with E-state index in [1.54, 1.807) is 14.2 Å². The Morgan fingerprint density at radius 2 is 1.83 bits per heavy atom. The maximum Gasteiger partial charge on any atom is 0.162 e. The van der Waals surface area contributed by atoms with Crippen LogP contribution in [0.3, 0.4) is 0 Å². The van der Waals surface area contributed by atoms with Gasteiger partial charge in [-0.15, -0.1) is 0 Å². The number of nitrogens with two attached hydrogens (primary N) is 1. The van der Waals surface area contributed by atoms with Crippen LogP contribution in [-0.2, 0) is 0 Å². The van der Waals surface area contributed by atoms with E-state index in [0.717, 1.165) is 23.6 Å². The van der Waals surface area contributed by atoms with Crippen LogP contribution in [0.15, 0.2) is 17.1 Å². The second-order valence-electron chi connectivity index (χ2n) is 6.63. The monoisotopic (exact) mass is 318 g/mol. The van der Waals surface area contributed by atoms with Crippen molar-refractivity contribution < 1.29 is 9.47 Å². The predicted octanol–water partition coefficient (Wildman–Crippen LogP) is 4.31. The average Bonchev–Trinajstić information content (AvgIpc) is 2.49. The molecule has 0 saturated heterocycles. The van der Waals surface area contributed by atoms with Crippen LogP contribution in [0.4, 0.5) is 5.69 Å². The summed E-state index contributed by atoms with van der Waals surface area (Å²) in [6.07, 6.45) is 5.02. The van der Waals surface area contributed by atoms with Crippen LogP contribution in [-0.4, -0.2) is 26.0 Å². The number of hydrogen-bond acceptors (Lipinski definition) is 4. The van der Waals surface area contributed by atoms with Crippen molar-refractivity contribution in [1.82, 2.24) is 0 Å². The second-order valence-corrected chi connectivity index (χ2v) is 6.63. The number of benzene rings is 1. The first-order valence-electron chi connectivity index (χ1n) is 8.61. The van der Waals surface area contributed by atoms with Gasteiger partial charge in [0, 0.05) is 23.0 Å². The molecule has 4 nitrogen and oxygen atoms in total. The van der Waals surface area contributed by atoms with E-state index in [1.165, 1.54) is 19.3 Å². The van der Waals surface area contributed by atoms with Crippen LogP contribution >= 0.6 is 0 Å². The molecule has 0 radical (unpaired) electrons. The van der Waals surface area contributed by atoms with E-state index in [0.29, 0.717) is 29.1 Å². The molecule has 1 saturated carbocycles. The van der Waals surface area contributed by atoms with Crippen molar-refractivity contribution >= 4 is 11.4 Å². The van der Waals surface area contributed by atoms with Gasteiger partial charge >= 0.3 is 0 Å². The molecule has 1 aliphatic carbocycles. The summed E-state index contributed by atoms with van der Waals surface area (Å²) in [6, 6.07) is 4.19. The van der Waals surface area contributed by atoms with Gasteiger partial charge in [0.15, 0.2) is 11.5 Å². The third-order valence-electron chi connectivity index (χ3n) is 4.80. The van der Waals surface area contributed by atoms with Gasteiger partial charge < -0.3 is 15.2 Å². The van der Waals surface area contributed by atoms with Gasteiger partial charge in [-0.1, -0.05) is 27.2 Å². The summed E-state index contributed by atoms with van der Waals surface area (Å²) in [5.74, 6) is 2.39. The molecule has 0 heterocycles. The number of ether oxygens (including phenoxy) is 2. The minimum absolute atomic E-state index is 0.310. The molecular weight excluding hydrogens is 288 g/mol. The van der Waals surface area contributed by atoms with Crippen molar-refractivity contribution in [3.8, 4) is 11.5 Å². The Bertz CT molecular complexity index is 563. The Balaban J connectivity index is 2.44. The Morgan fingerprint density at radius 3 is 2.26 bits per heavy atom. The molecule has 0 amide bonds. The fraction of sp³-hybridized carbons (Fsp3) is 0.632. The molecule has 23 heavy (non-hydrogen) atoms. The maximum atomic E-state index is 6.28. The lowest BCUT2D eigenvalue weighted by Crippen LogP contribution is -2.27. The van der Waals surface area contributed by atoms with Crippen molar-refractivity contribution in [3.05, 3.63) is 17.7 Å². The van der Waals surface area contributed by atoms with Gasteiger partial charge in [-0.2, -0.15) is 0 Å². The highest BCUT2D eigenvalue weighted by molar-refractivity contribution is 6.06. The van der Waals surface area contributed by atoms with Crippen molar-refractivity contribution in [2.24, 2.45) is 16.8 Å². The molecule has 4 heteroatoms. The minimum Gasteiger partial charge on any atom is -0.493 e. The van der Waals surface area contributed by atoms with E-state index in [2.05, 4.69) is 20.8 Å². The molecule has 2 N–H and O–H groups in total. The molecule has 1 atom stereocenters. The van der Waals surface area contributed by atoms with E-state index in [1.807, 2.05) is 12.1 Å². The molecule has 0 spiro atoms. The third-order valence-corrected chi connectivity index (χ3v) is 4.80. The van der Waals surface area contributed by atoms with Crippen LogP contribution < -0.4 is 15.2 Å². The van der Waals surface area contributed by atoms with Crippen LogP contribution in [0.2, 0.25) is 0 Å². The zero-order valence-corrected chi connectivity index (χ0v) is 15.1. The van der Waals surface area contributed by atoms with Crippen LogP contribution in [0.25, 0.3) is 0 Å². The Morgan fingerprint density at radius 1 is 1.22 bits per heavy atom. The quantitative estimate of drug-likeness (QED) is 0.602. The number of nitrogens with zero attached hydrogens (tertiary/aromatic N) is 1. The zero-order chi connectivity index (χ0) is 17.0. The van der Waals surface area contributed by atoms with Gasteiger partial charge in [0.1, 0.15) is 0 Å². The van der Waals surface area contributed by atoms with Crippen molar-refractivity contribution in [3.63, 3.8) is 0 Å². The molecule has 0 aromatic heterocycles. The number of methoxy groups -OCH3 is 2. The van der Waals surface area contributed by atoms with Gasteiger partial charge in [-0.3, -0.25) is 4.99 Å². The van der Waals surface area contributed by atoms with E-state index in [4.69, 9.17) is 20.2 Å². The van der Waals surface area contributed by atoms with E-state index >= 15 is 0 Å². The van der Waals surface area contributed by atoms with E-state index in [9.17, 15) is 0 Å². The summed E-state index contributed by atoms with van der Waals surface area (Å²) >= 11 is 0. The Labute approximate surface area is 140 Å². The molecule has 0 bridgehead atoms. The molecule has 0 aliphatic heterocycles. The molecule has 1 aromatic carbocycles. The fourth-order valence-electron chi connectivity index (χ4n) is 3.18. The van der Waals surface area contributed by atoms with Crippen LogP contribution in [0, 0.1) is 11.8 Å². The molecule has 128 valence electrons. The van der Waals surface area contributed by atoms with Crippen LogP contribution in [0.5, 0.6) is 11.5 Å². The summed E-state index contributed by atoms with van der Waals surface area (Å²) in [7, 11) is 3.27. The topological polar surface area (TPSA) is 56.8 Å². The average molecular weight is 318 g/mol. The highest BCUT2D eigenvalue weighted by atomic mass is 16.5. The lowest BCUT2D eigenvalue weighted by Gasteiger charge is -2.32. The maximum absolute atomic E-state index is 6.28. The molecular formula is C19H30N2O2. The van der Waals surface area contributed by atoms with Gasteiger partial charge in [0.05, 0.1) is 20.3 Å². The standard InChI is InChI=1S/C19H30N2O2/c1-6-16(13-8-7-9-13)21-19(12(2)3)14-10-17(22-4)18(23-5)11-15(14)20/h10-13,16H,6-9,20H2,1-5H3/b21-19-. The summed E-state index contributed by atoms with van der Waals surface area (Å²) in [4.78, 5) is 5.12. The number of anilines is 1. The van der Waals surface area contributed by atoms with Crippen molar-refractivity contribution in [2.75, 3.05) is 20.0 Å². The molecule has 1 fully saturated rings. The molecule has 1 aromatic rings. The number of nitrogen functional groups attached to an aromatic ring is 1. The molecule has 1 aliphatic rings. The largest absolute Gasteiger partial charge is 0.493 e. The first-order chi connectivity index (χ1) is 11.0. The van der Waals surface area contributed by atoms with Gasteiger partial charge in [0.25, 0.3) is 0 Å². The summed E-state index contributed by atoms with van der Waals surface area (Å²) in [5, 5.41) is 0. The smallest absolute Gasteiger partial charge is 0.162 e. The highest BCUT2D eigenvalue weighted by Gasteiger charge is 2.27. The van der Waals surface area contributed by atoms with Crippen molar-refractivity contribution in [1.29, 1.82) is 0 Å². The van der Waals surface area contributed by atoms with Gasteiger partial charge in [-0.25, -0.2) is 0 Å². The summed E-state index contributed by atoms with van der Waals surface area (Å²) < 4.78 is 10.8. The van der Waals surface area contributed by atoms with Crippen LogP contribution in [0.1, 0.15) is 52.0 Å². The number of aliphatic imine (C=N–C) groups is 1. The second kappa shape index (κ2) is 7.71. The Hall–Kier alpha value is -1.71. The normalized spacial score (nSPS) is 17.0. The molecule has 1 unspecified atom stereocenters. The van der Waals surface area contributed by atoms with E-state index in [-0.39, 0.29) is 0 Å². The number of hydrogen-bond donors (Lipinski definition) is 1. The first-order valence-corrected chi connectivity index (χ1v) is 8.61. The fourth-order valence-corrected chi connectivity index (χ4v) is 3.18. The number of rotatable bonds is 7. The minimum atomic E-state index is 0.310. The van der Waals surface area contributed by atoms with E-state index < -0.39 is 0 Å². The predicted molar refractivity (Wildman–Crippen MR) is 96.8 cm³/mol. The Kier molecular flexibility index (Phi) is 5.91. The summed E-state index contributed by atoms with van der Waals surface area (Å²) in [5.41, 5.74) is 9.02.